The summed E-state index contributed by atoms with van der Waals surface area (Å²) in [5, 5.41) is 20.0. The van der Waals surface area contributed by atoms with E-state index in [9.17, 15) is 29.4 Å². The second-order valence-electron chi connectivity index (χ2n) is 2.92. The van der Waals surface area contributed by atoms with E-state index in [2.05, 4.69) is 18.9 Å². The third kappa shape index (κ3) is 10.0. The van der Waals surface area contributed by atoms with Crippen LogP contribution in [0.15, 0.2) is 0 Å². The van der Waals surface area contributed by atoms with Crippen molar-refractivity contribution in [2.45, 2.75) is 12.2 Å². The SMILES string of the molecule is COC(=O)C(OC)C(=O)[O-].COC(=O)C(OC)C(=O)[O-].[Mg+2]. The zero-order chi connectivity index (χ0) is 16.3. The fourth-order valence-corrected chi connectivity index (χ4v) is 0.791. The van der Waals surface area contributed by atoms with Crippen LogP contribution in [0.3, 0.4) is 0 Å². The quantitative estimate of drug-likeness (QED) is 0.266. The number of carbonyl (C=O) groups excluding carboxylic acids is 4. The van der Waals surface area contributed by atoms with Gasteiger partial charge in [-0.05, 0) is 0 Å². The Balaban J connectivity index is -0.000000295. The molecule has 0 rings (SSSR count). The van der Waals surface area contributed by atoms with Crippen molar-refractivity contribution in [1.82, 2.24) is 0 Å². The molecule has 0 aromatic carbocycles. The van der Waals surface area contributed by atoms with Gasteiger partial charge in [0.15, 0.2) is 12.2 Å². The van der Waals surface area contributed by atoms with Crippen LogP contribution < -0.4 is 10.2 Å². The maximum atomic E-state index is 10.4. The van der Waals surface area contributed by atoms with Gasteiger partial charge in [0.1, 0.15) is 0 Å². The van der Waals surface area contributed by atoms with E-state index >= 15 is 0 Å². The van der Waals surface area contributed by atoms with Crippen molar-refractivity contribution in [1.29, 1.82) is 0 Å². The molecule has 0 spiro atoms. The van der Waals surface area contributed by atoms with Gasteiger partial charge in [0.2, 0.25) is 0 Å². The molecule has 0 N–H and O–H groups in total. The van der Waals surface area contributed by atoms with E-state index in [4.69, 9.17) is 0 Å². The Labute approximate surface area is 136 Å². The summed E-state index contributed by atoms with van der Waals surface area (Å²) in [5.74, 6) is -5.14. The van der Waals surface area contributed by atoms with Crippen LogP contribution in [0.1, 0.15) is 0 Å². The van der Waals surface area contributed by atoms with E-state index in [1.807, 2.05) is 0 Å². The summed E-state index contributed by atoms with van der Waals surface area (Å²) in [7, 11) is 4.30. The smallest absolute Gasteiger partial charge is 0.547 e. The summed E-state index contributed by atoms with van der Waals surface area (Å²) < 4.78 is 16.6. The van der Waals surface area contributed by atoms with Crippen LogP contribution in [-0.2, 0) is 38.1 Å². The van der Waals surface area contributed by atoms with E-state index in [-0.39, 0.29) is 23.1 Å². The first-order chi connectivity index (χ1) is 9.26. The van der Waals surface area contributed by atoms with Gasteiger partial charge in [-0.25, -0.2) is 9.59 Å². The molecule has 0 aliphatic rings. The standard InChI is InChI=1S/2C5H8O5.Mg/c2*1-9-3(4(6)7)5(8)10-2;/h2*3H,1-2H3,(H,6,7);/q;;+2/p-2. The molecule has 0 fully saturated rings. The van der Waals surface area contributed by atoms with Crippen LogP contribution in [0, 0.1) is 0 Å². The molecule has 0 aromatic rings. The second kappa shape index (κ2) is 13.5. The van der Waals surface area contributed by atoms with Gasteiger partial charge in [0, 0.05) is 14.2 Å². The van der Waals surface area contributed by atoms with Gasteiger partial charge in [-0.15, -0.1) is 0 Å². The molecule has 0 aliphatic heterocycles. The van der Waals surface area contributed by atoms with E-state index in [1.165, 1.54) is 0 Å². The van der Waals surface area contributed by atoms with Gasteiger partial charge >= 0.3 is 35.0 Å². The Morgan fingerprint density at radius 1 is 0.714 bits per heavy atom. The molecule has 2 unspecified atom stereocenters. The Kier molecular flexibility index (Phi) is 15.9. The monoisotopic (exact) mass is 318 g/mol. The maximum absolute atomic E-state index is 10.4. The van der Waals surface area contributed by atoms with Crippen molar-refractivity contribution in [3.05, 3.63) is 0 Å². The van der Waals surface area contributed by atoms with E-state index in [1.54, 1.807) is 0 Å². The van der Waals surface area contributed by atoms with Gasteiger partial charge < -0.3 is 38.7 Å². The van der Waals surface area contributed by atoms with E-state index in [0.29, 0.717) is 0 Å². The number of carboxylic acid groups (broad SMARTS) is 2. The summed E-state index contributed by atoms with van der Waals surface area (Å²) in [6.45, 7) is 0. The first-order valence-corrected chi connectivity index (χ1v) is 4.89. The summed E-state index contributed by atoms with van der Waals surface area (Å²) in [4.78, 5) is 40.8. The molecule has 0 saturated carbocycles. The summed E-state index contributed by atoms with van der Waals surface area (Å²) in [6.07, 6.45) is -3.24. The van der Waals surface area contributed by atoms with Crippen LogP contribution in [0.2, 0.25) is 0 Å². The van der Waals surface area contributed by atoms with Crippen LogP contribution in [0.4, 0.5) is 0 Å². The predicted octanol–water partition coefficient (Wildman–Crippen LogP) is -4.53. The number of methoxy groups -OCH3 is 4. The molecule has 0 heterocycles. The minimum atomic E-state index is -1.62. The van der Waals surface area contributed by atoms with Crippen molar-refractivity contribution >= 4 is 46.9 Å². The van der Waals surface area contributed by atoms with E-state index < -0.39 is 36.1 Å². The summed E-state index contributed by atoms with van der Waals surface area (Å²) in [6, 6.07) is 0. The minimum Gasteiger partial charge on any atom is -0.547 e. The molecule has 0 aliphatic carbocycles. The molecule has 0 bridgehead atoms. The third-order valence-electron chi connectivity index (χ3n) is 1.73. The van der Waals surface area contributed by atoms with Crippen molar-refractivity contribution in [2.75, 3.05) is 28.4 Å². The number of carbonyl (C=O) groups is 4. The van der Waals surface area contributed by atoms with Crippen LogP contribution in [0.25, 0.3) is 0 Å². The Bertz CT molecular complexity index is 322. The first kappa shape index (κ1) is 24.6. The number of esters is 2. The third-order valence-corrected chi connectivity index (χ3v) is 1.73. The number of hydrogen-bond donors (Lipinski definition) is 0. The Hall–Kier alpha value is -1.43. The summed E-state index contributed by atoms with van der Waals surface area (Å²) in [5.41, 5.74) is 0. The predicted molar refractivity (Wildman–Crippen MR) is 61.4 cm³/mol. The van der Waals surface area contributed by atoms with E-state index in [0.717, 1.165) is 28.4 Å². The number of rotatable bonds is 6. The van der Waals surface area contributed by atoms with Gasteiger partial charge in [-0.3, -0.25) is 0 Å². The summed E-state index contributed by atoms with van der Waals surface area (Å²) >= 11 is 0. The average Bonchev–Trinajstić information content (AvgIpc) is 2.39. The van der Waals surface area contributed by atoms with Crippen molar-refractivity contribution in [3.63, 3.8) is 0 Å². The van der Waals surface area contributed by atoms with Crippen molar-refractivity contribution in [3.8, 4) is 0 Å². The zero-order valence-electron chi connectivity index (χ0n) is 11.9. The van der Waals surface area contributed by atoms with Crippen molar-refractivity contribution in [2.24, 2.45) is 0 Å². The molecule has 0 aromatic heterocycles. The fraction of sp³-hybridized carbons (Fsp3) is 0.600. The van der Waals surface area contributed by atoms with Gasteiger partial charge in [0.25, 0.3) is 0 Å². The topological polar surface area (TPSA) is 151 Å². The molecular weight excluding hydrogens is 304 g/mol. The number of carboxylic acids is 2. The Morgan fingerprint density at radius 2 is 0.952 bits per heavy atom. The van der Waals surface area contributed by atoms with Gasteiger partial charge in [-0.2, -0.15) is 0 Å². The molecule has 10 nitrogen and oxygen atoms in total. The number of hydrogen-bond acceptors (Lipinski definition) is 10. The van der Waals surface area contributed by atoms with Crippen LogP contribution in [-0.4, -0.2) is 87.6 Å². The van der Waals surface area contributed by atoms with Crippen LogP contribution in [0.5, 0.6) is 0 Å². The Morgan fingerprint density at radius 3 is 1.00 bits per heavy atom. The first-order valence-electron chi connectivity index (χ1n) is 4.89. The average molecular weight is 319 g/mol. The second-order valence-corrected chi connectivity index (χ2v) is 2.92. The molecule has 11 heteroatoms. The molecular formula is C10H14MgO10. The van der Waals surface area contributed by atoms with Gasteiger partial charge in [0.05, 0.1) is 26.2 Å². The molecule has 21 heavy (non-hydrogen) atoms. The number of ether oxygens (including phenoxy) is 4. The maximum Gasteiger partial charge on any atom is 2.00 e. The normalized spacial score (nSPS) is 11.6. The molecule has 0 saturated heterocycles. The minimum absolute atomic E-state index is 0. The molecule has 0 radical (unpaired) electrons. The van der Waals surface area contributed by atoms with Crippen molar-refractivity contribution < 1.29 is 48.3 Å². The van der Waals surface area contributed by atoms with Crippen LogP contribution >= 0.6 is 0 Å². The largest absolute Gasteiger partial charge is 2.00 e. The zero-order valence-corrected chi connectivity index (χ0v) is 13.4. The molecule has 0 amide bonds. The van der Waals surface area contributed by atoms with Gasteiger partial charge in [-0.1, -0.05) is 0 Å². The number of aliphatic carboxylic acids is 2. The molecule has 116 valence electrons. The fourth-order valence-electron chi connectivity index (χ4n) is 0.791. The molecule has 2 atom stereocenters.